The number of rotatable bonds is 4. The first-order valence-electron chi connectivity index (χ1n) is 6.20. The normalized spacial score (nSPS) is 23.0. The number of anilines is 2. The van der Waals surface area contributed by atoms with Crippen LogP contribution in [0.2, 0.25) is 0 Å². The van der Waals surface area contributed by atoms with E-state index in [1.54, 1.807) is 7.11 Å². The molecule has 1 aromatic rings. The van der Waals surface area contributed by atoms with Crippen molar-refractivity contribution in [1.29, 1.82) is 0 Å². The Bertz CT molecular complexity index is 471. The highest BCUT2D eigenvalue weighted by Gasteiger charge is 2.35. The molecule has 1 fully saturated rings. The smallest absolute Gasteiger partial charge is 0.397 e. The molecule has 1 aliphatic heterocycles. The summed E-state index contributed by atoms with van der Waals surface area (Å²) in [6.07, 6.45) is -3.66. The van der Waals surface area contributed by atoms with E-state index in [0.29, 0.717) is 25.4 Å². The first-order valence-corrected chi connectivity index (χ1v) is 6.20. The van der Waals surface area contributed by atoms with E-state index >= 15 is 0 Å². The Morgan fingerprint density at radius 1 is 1.45 bits per heavy atom. The average Bonchev–Trinajstić information content (AvgIpc) is 2.85. The Balaban J connectivity index is 2.07. The number of methoxy groups -OCH3 is 1. The van der Waals surface area contributed by atoms with Crippen molar-refractivity contribution in [3.8, 4) is 0 Å². The van der Waals surface area contributed by atoms with Crippen molar-refractivity contribution in [2.45, 2.75) is 18.2 Å². The number of halogens is 3. The third kappa shape index (κ3) is 3.16. The van der Waals surface area contributed by atoms with Gasteiger partial charge in [-0.15, -0.1) is 0 Å². The third-order valence-corrected chi connectivity index (χ3v) is 3.48. The molecule has 1 aromatic carbocycles. The van der Waals surface area contributed by atoms with Crippen LogP contribution in [0.5, 0.6) is 0 Å². The van der Waals surface area contributed by atoms with Crippen molar-refractivity contribution in [1.82, 2.24) is 0 Å². The molecule has 112 valence electrons. The van der Waals surface area contributed by atoms with Gasteiger partial charge in [-0.2, -0.15) is 13.2 Å². The van der Waals surface area contributed by atoms with E-state index in [2.05, 4.69) is 5.32 Å². The van der Waals surface area contributed by atoms with Crippen LogP contribution >= 0.6 is 0 Å². The number of ether oxygens (including phenoxy) is 2. The van der Waals surface area contributed by atoms with Gasteiger partial charge in [0.25, 0.3) is 0 Å². The first kappa shape index (κ1) is 14.9. The minimum absolute atomic E-state index is 0.0602. The van der Waals surface area contributed by atoms with Gasteiger partial charge in [0.1, 0.15) is 5.60 Å². The number of alkyl halides is 3. The maximum absolute atomic E-state index is 12.5. The van der Waals surface area contributed by atoms with Gasteiger partial charge in [0.05, 0.1) is 23.5 Å². The van der Waals surface area contributed by atoms with Crippen LogP contribution in [0.4, 0.5) is 24.5 Å². The highest BCUT2D eigenvalue weighted by molar-refractivity contribution is 5.67. The minimum atomic E-state index is -4.39. The monoisotopic (exact) mass is 290 g/mol. The second-order valence-electron chi connectivity index (χ2n) is 4.84. The molecule has 1 atom stereocenters. The molecular formula is C13H17F3N2O2. The second-order valence-corrected chi connectivity index (χ2v) is 4.84. The van der Waals surface area contributed by atoms with Crippen molar-refractivity contribution in [3.05, 3.63) is 23.8 Å². The van der Waals surface area contributed by atoms with E-state index < -0.39 is 17.3 Å². The van der Waals surface area contributed by atoms with E-state index in [-0.39, 0.29) is 5.69 Å². The largest absolute Gasteiger partial charge is 0.416 e. The average molecular weight is 290 g/mol. The van der Waals surface area contributed by atoms with E-state index in [9.17, 15) is 13.2 Å². The molecule has 0 radical (unpaired) electrons. The molecule has 20 heavy (non-hydrogen) atoms. The van der Waals surface area contributed by atoms with Gasteiger partial charge in [-0.1, -0.05) is 0 Å². The number of benzene rings is 1. The molecule has 0 aromatic heterocycles. The summed E-state index contributed by atoms with van der Waals surface area (Å²) in [5.41, 5.74) is 4.97. The van der Waals surface area contributed by atoms with Crippen molar-refractivity contribution in [2.24, 2.45) is 0 Å². The van der Waals surface area contributed by atoms with Gasteiger partial charge >= 0.3 is 6.18 Å². The maximum Gasteiger partial charge on any atom is 0.416 e. The van der Waals surface area contributed by atoms with Crippen LogP contribution in [0.1, 0.15) is 12.0 Å². The summed E-state index contributed by atoms with van der Waals surface area (Å²) in [5, 5.41) is 3.03. The molecule has 0 spiro atoms. The Kier molecular flexibility index (Phi) is 4.10. The molecule has 1 saturated heterocycles. The number of nitrogen functional groups attached to an aromatic ring is 1. The van der Waals surface area contributed by atoms with E-state index in [1.165, 1.54) is 6.07 Å². The molecule has 1 heterocycles. The van der Waals surface area contributed by atoms with Crippen LogP contribution < -0.4 is 11.1 Å². The highest BCUT2D eigenvalue weighted by atomic mass is 19.4. The van der Waals surface area contributed by atoms with E-state index in [0.717, 1.165) is 18.6 Å². The van der Waals surface area contributed by atoms with Gasteiger partial charge < -0.3 is 20.5 Å². The SMILES string of the molecule is COC1(CNc2ccc(C(F)(F)F)cc2N)CCOC1. The summed E-state index contributed by atoms with van der Waals surface area (Å²) in [6, 6.07) is 3.26. The minimum Gasteiger partial charge on any atom is -0.397 e. The van der Waals surface area contributed by atoms with Crippen LogP contribution in [-0.4, -0.2) is 32.5 Å². The van der Waals surface area contributed by atoms with Crippen LogP contribution in [0.3, 0.4) is 0 Å². The Morgan fingerprint density at radius 2 is 2.20 bits per heavy atom. The summed E-state index contributed by atoms with van der Waals surface area (Å²) in [5.74, 6) is 0. The molecule has 0 aliphatic carbocycles. The molecule has 3 N–H and O–H groups in total. The fraction of sp³-hybridized carbons (Fsp3) is 0.538. The number of hydrogen-bond donors (Lipinski definition) is 2. The fourth-order valence-electron chi connectivity index (χ4n) is 2.12. The predicted octanol–water partition coefficient (Wildman–Crippen LogP) is 2.51. The van der Waals surface area contributed by atoms with Crippen molar-refractivity contribution in [3.63, 3.8) is 0 Å². The van der Waals surface area contributed by atoms with Gasteiger partial charge in [0.2, 0.25) is 0 Å². The van der Waals surface area contributed by atoms with Gasteiger partial charge in [-0.25, -0.2) is 0 Å². The van der Waals surface area contributed by atoms with Crippen LogP contribution in [0, 0.1) is 0 Å². The first-order chi connectivity index (χ1) is 9.36. The predicted molar refractivity (Wildman–Crippen MR) is 69.5 cm³/mol. The number of nitrogens with two attached hydrogens (primary N) is 1. The Hall–Kier alpha value is -1.47. The Morgan fingerprint density at radius 3 is 2.70 bits per heavy atom. The molecular weight excluding hydrogens is 273 g/mol. The van der Waals surface area contributed by atoms with Crippen molar-refractivity contribution < 1.29 is 22.6 Å². The maximum atomic E-state index is 12.5. The molecule has 0 saturated carbocycles. The lowest BCUT2D eigenvalue weighted by Gasteiger charge is -2.27. The van der Waals surface area contributed by atoms with Gasteiger partial charge in [0.15, 0.2) is 0 Å². The van der Waals surface area contributed by atoms with Gasteiger partial charge in [-0.3, -0.25) is 0 Å². The topological polar surface area (TPSA) is 56.5 Å². The van der Waals surface area contributed by atoms with Gasteiger partial charge in [-0.05, 0) is 18.2 Å². The fourth-order valence-corrected chi connectivity index (χ4v) is 2.12. The zero-order valence-corrected chi connectivity index (χ0v) is 11.1. The summed E-state index contributed by atoms with van der Waals surface area (Å²) >= 11 is 0. The lowest BCUT2D eigenvalue weighted by atomic mass is 10.0. The summed E-state index contributed by atoms with van der Waals surface area (Å²) < 4.78 is 48.3. The number of hydrogen-bond acceptors (Lipinski definition) is 4. The van der Waals surface area contributed by atoms with E-state index in [4.69, 9.17) is 15.2 Å². The zero-order chi connectivity index (χ0) is 14.8. The number of nitrogens with one attached hydrogen (secondary N) is 1. The van der Waals surface area contributed by atoms with Gasteiger partial charge in [0, 0.05) is 26.7 Å². The summed E-state index contributed by atoms with van der Waals surface area (Å²) in [7, 11) is 1.59. The second kappa shape index (κ2) is 5.49. The lowest BCUT2D eigenvalue weighted by molar-refractivity contribution is -0.137. The lowest BCUT2D eigenvalue weighted by Crippen LogP contribution is -2.39. The quantitative estimate of drug-likeness (QED) is 0.837. The Labute approximate surface area is 115 Å². The third-order valence-electron chi connectivity index (χ3n) is 3.48. The van der Waals surface area contributed by atoms with Crippen LogP contribution in [0.25, 0.3) is 0 Å². The van der Waals surface area contributed by atoms with Crippen molar-refractivity contribution >= 4 is 11.4 Å². The van der Waals surface area contributed by atoms with Crippen molar-refractivity contribution in [2.75, 3.05) is 37.9 Å². The van der Waals surface area contributed by atoms with Crippen LogP contribution in [0.15, 0.2) is 18.2 Å². The standard InChI is InChI=1S/C13H17F3N2O2/c1-19-12(4-5-20-8-12)7-18-11-3-2-9(6-10(11)17)13(14,15)16/h2-3,6,18H,4-5,7-8,17H2,1H3. The highest BCUT2D eigenvalue weighted by Crippen LogP contribution is 2.33. The summed E-state index contributed by atoms with van der Waals surface area (Å²) in [4.78, 5) is 0. The molecule has 0 amide bonds. The molecule has 2 rings (SSSR count). The molecule has 1 aliphatic rings. The van der Waals surface area contributed by atoms with Crippen LogP contribution in [-0.2, 0) is 15.7 Å². The zero-order valence-electron chi connectivity index (χ0n) is 11.1. The van der Waals surface area contributed by atoms with E-state index in [1.807, 2.05) is 0 Å². The molecule has 4 nitrogen and oxygen atoms in total. The molecule has 1 unspecified atom stereocenters. The molecule has 7 heteroatoms. The molecule has 0 bridgehead atoms. The summed E-state index contributed by atoms with van der Waals surface area (Å²) in [6.45, 7) is 1.49.